The number of amides is 1. The first-order valence-electron chi connectivity index (χ1n) is 12.6. The minimum absolute atomic E-state index is 0.113. The first kappa shape index (κ1) is 24.3. The third-order valence-corrected chi connectivity index (χ3v) is 6.81. The van der Waals surface area contributed by atoms with Gasteiger partial charge in [-0.15, -0.1) is 0 Å². The molecule has 0 saturated carbocycles. The van der Waals surface area contributed by atoms with Crippen LogP contribution in [-0.2, 0) is 0 Å². The number of para-hydroxylation sites is 1. The SMILES string of the molecule is CCN1CCCC(NC(=O)c2cn3ncc(C#N)c(Nc4ccc(Oc5ccccc5)cc4)c3c2C)C1. The molecule has 1 fully saturated rings. The molecule has 8 heteroatoms. The summed E-state index contributed by atoms with van der Waals surface area (Å²) >= 11 is 0. The summed E-state index contributed by atoms with van der Waals surface area (Å²) in [5.41, 5.74) is 3.84. The Labute approximate surface area is 216 Å². The lowest BCUT2D eigenvalue weighted by molar-refractivity contribution is 0.0905. The Morgan fingerprint density at radius 2 is 1.92 bits per heavy atom. The van der Waals surface area contributed by atoms with Crippen LogP contribution in [0.1, 0.15) is 41.3 Å². The van der Waals surface area contributed by atoms with Gasteiger partial charge in [-0.05, 0) is 74.8 Å². The first-order valence-corrected chi connectivity index (χ1v) is 12.6. The van der Waals surface area contributed by atoms with E-state index >= 15 is 0 Å². The van der Waals surface area contributed by atoms with Gasteiger partial charge in [0.2, 0.25) is 0 Å². The van der Waals surface area contributed by atoms with E-state index in [4.69, 9.17) is 4.74 Å². The molecule has 37 heavy (non-hydrogen) atoms. The van der Waals surface area contributed by atoms with Crippen LogP contribution in [0, 0.1) is 18.3 Å². The number of carbonyl (C=O) groups excluding carboxylic acids is 1. The van der Waals surface area contributed by atoms with E-state index in [1.165, 1.54) is 6.20 Å². The molecule has 1 atom stereocenters. The molecule has 8 nitrogen and oxygen atoms in total. The average Bonchev–Trinajstić information content (AvgIpc) is 3.27. The molecule has 5 rings (SSSR count). The van der Waals surface area contributed by atoms with E-state index in [2.05, 4.69) is 33.6 Å². The summed E-state index contributed by atoms with van der Waals surface area (Å²) in [4.78, 5) is 15.6. The van der Waals surface area contributed by atoms with Crippen molar-refractivity contribution in [2.45, 2.75) is 32.7 Å². The lowest BCUT2D eigenvalue weighted by atomic mass is 10.0. The van der Waals surface area contributed by atoms with E-state index in [1.807, 2.05) is 61.5 Å². The van der Waals surface area contributed by atoms with Crippen LogP contribution in [0.25, 0.3) is 5.52 Å². The molecule has 1 unspecified atom stereocenters. The number of benzene rings is 2. The summed E-state index contributed by atoms with van der Waals surface area (Å²) in [6.07, 6.45) is 5.31. The average molecular weight is 495 g/mol. The summed E-state index contributed by atoms with van der Waals surface area (Å²) in [6, 6.07) is 19.5. The number of nitriles is 1. The molecule has 1 aliphatic rings. The van der Waals surface area contributed by atoms with Crippen molar-refractivity contribution >= 4 is 22.8 Å². The number of likely N-dealkylation sites (tertiary alicyclic amines) is 1. The maximum absolute atomic E-state index is 13.2. The van der Waals surface area contributed by atoms with E-state index in [1.54, 1.807) is 10.7 Å². The summed E-state index contributed by atoms with van der Waals surface area (Å²) in [5.74, 6) is 1.35. The molecule has 3 heterocycles. The normalized spacial score (nSPS) is 15.8. The van der Waals surface area contributed by atoms with Gasteiger partial charge in [0, 0.05) is 24.5 Å². The summed E-state index contributed by atoms with van der Waals surface area (Å²) in [5, 5.41) is 20.8. The maximum atomic E-state index is 13.2. The van der Waals surface area contributed by atoms with E-state index < -0.39 is 0 Å². The third kappa shape index (κ3) is 5.27. The van der Waals surface area contributed by atoms with Crippen LogP contribution in [0.5, 0.6) is 11.5 Å². The predicted octanol–water partition coefficient (Wildman–Crippen LogP) is 5.26. The second-order valence-corrected chi connectivity index (χ2v) is 9.28. The van der Waals surface area contributed by atoms with Gasteiger partial charge in [0.15, 0.2) is 0 Å². The van der Waals surface area contributed by atoms with Crippen molar-refractivity contribution in [1.29, 1.82) is 5.26 Å². The van der Waals surface area contributed by atoms with E-state index in [0.717, 1.165) is 49.5 Å². The number of piperidine rings is 1. The van der Waals surface area contributed by atoms with Gasteiger partial charge >= 0.3 is 0 Å². The molecule has 1 saturated heterocycles. The van der Waals surface area contributed by atoms with Crippen molar-refractivity contribution in [1.82, 2.24) is 19.8 Å². The first-order chi connectivity index (χ1) is 18.1. The van der Waals surface area contributed by atoms with E-state index in [0.29, 0.717) is 28.1 Å². The van der Waals surface area contributed by atoms with Gasteiger partial charge in [0.05, 0.1) is 28.5 Å². The summed E-state index contributed by atoms with van der Waals surface area (Å²) in [7, 11) is 0. The Morgan fingerprint density at radius 1 is 1.16 bits per heavy atom. The second-order valence-electron chi connectivity index (χ2n) is 9.28. The van der Waals surface area contributed by atoms with Crippen LogP contribution >= 0.6 is 0 Å². The van der Waals surface area contributed by atoms with Crippen LogP contribution in [-0.4, -0.2) is 46.1 Å². The zero-order valence-electron chi connectivity index (χ0n) is 21.1. The fourth-order valence-electron chi connectivity index (χ4n) is 4.83. The number of hydrogen-bond donors (Lipinski definition) is 2. The molecule has 4 aromatic rings. The largest absolute Gasteiger partial charge is 0.457 e. The number of likely N-dealkylation sites (N-methyl/N-ethyl adjacent to an activating group) is 1. The van der Waals surface area contributed by atoms with Crippen LogP contribution in [0.2, 0.25) is 0 Å². The van der Waals surface area contributed by atoms with Gasteiger partial charge in [-0.1, -0.05) is 25.1 Å². The minimum Gasteiger partial charge on any atom is -0.457 e. The number of nitrogens with zero attached hydrogens (tertiary/aromatic N) is 4. The third-order valence-electron chi connectivity index (χ3n) is 6.81. The Hall–Kier alpha value is -4.35. The Kier molecular flexibility index (Phi) is 7.06. The Bertz CT molecular complexity index is 1440. The fraction of sp³-hybridized carbons (Fsp3) is 0.276. The quantitative estimate of drug-likeness (QED) is 0.364. The molecule has 0 radical (unpaired) electrons. The number of nitrogens with one attached hydrogen (secondary N) is 2. The van der Waals surface area contributed by atoms with Crippen molar-refractivity contribution in [3.8, 4) is 17.6 Å². The standard InChI is InChI=1S/C29H30N6O2/c1-3-34-15-7-8-23(18-34)33-29(36)26-19-35-28(20(26)2)27(21(16-30)17-31-35)32-22-11-13-25(14-12-22)37-24-9-5-4-6-10-24/h4-6,9-14,17,19,23,32H,3,7-8,15,18H2,1-2H3,(H,33,36). The zero-order chi connectivity index (χ0) is 25.8. The summed E-state index contributed by atoms with van der Waals surface area (Å²) < 4.78 is 7.55. The molecular formula is C29H30N6O2. The van der Waals surface area contributed by atoms with Crippen molar-refractivity contribution in [2.24, 2.45) is 0 Å². The molecule has 1 aliphatic heterocycles. The molecule has 2 aromatic heterocycles. The Morgan fingerprint density at radius 3 is 2.65 bits per heavy atom. The fourth-order valence-corrected chi connectivity index (χ4v) is 4.83. The zero-order valence-corrected chi connectivity index (χ0v) is 21.1. The number of rotatable bonds is 7. The maximum Gasteiger partial charge on any atom is 0.253 e. The van der Waals surface area contributed by atoms with Crippen molar-refractivity contribution in [3.05, 3.63) is 83.7 Å². The minimum atomic E-state index is -0.113. The van der Waals surface area contributed by atoms with Gasteiger partial charge in [-0.25, -0.2) is 4.52 Å². The van der Waals surface area contributed by atoms with E-state index in [-0.39, 0.29) is 11.9 Å². The van der Waals surface area contributed by atoms with Gasteiger partial charge in [-0.3, -0.25) is 4.79 Å². The molecule has 0 aliphatic carbocycles. The van der Waals surface area contributed by atoms with Gasteiger partial charge in [-0.2, -0.15) is 10.4 Å². The van der Waals surface area contributed by atoms with Crippen LogP contribution in [0.3, 0.4) is 0 Å². The highest BCUT2D eigenvalue weighted by Crippen LogP contribution is 2.31. The van der Waals surface area contributed by atoms with Gasteiger partial charge < -0.3 is 20.3 Å². The van der Waals surface area contributed by atoms with Crippen LogP contribution < -0.4 is 15.4 Å². The number of fused-ring (bicyclic) bond motifs is 1. The van der Waals surface area contributed by atoms with Crippen molar-refractivity contribution in [2.75, 3.05) is 25.0 Å². The molecule has 2 N–H and O–H groups in total. The summed E-state index contributed by atoms with van der Waals surface area (Å²) in [6.45, 7) is 6.96. The molecule has 0 bridgehead atoms. The number of aromatic nitrogens is 2. The van der Waals surface area contributed by atoms with Crippen LogP contribution in [0.15, 0.2) is 67.0 Å². The van der Waals surface area contributed by atoms with Crippen molar-refractivity contribution < 1.29 is 9.53 Å². The van der Waals surface area contributed by atoms with Crippen LogP contribution in [0.4, 0.5) is 11.4 Å². The van der Waals surface area contributed by atoms with Gasteiger partial charge in [0.25, 0.3) is 5.91 Å². The molecule has 188 valence electrons. The molecular weight excluding hydrogens is 464 g/mol. The highest BCUT2D eigenvalue weighted by atomic mass is 16.5. The number of ether oxygens (including phenoxy) is 1. The monoisotopic (exact) mass is 494 g/mol. The van der Waals surface area contributed by atoms with Crippen molar-refractivity contribution in [3.63, 3.8) is 0 Å². The van der Waals surface area contributed by atoms with E-state index in [9.17, 15) is 10.1 Å². The molecule has 0 spiro atoms. The highest BCUT2D eigenvalue weighted by molar-refractivity contribution is 6.00. The lowest BCUT2D eigenvalue weighted by Gasteiger charge is -2.32. The highest BCUT2D eigenvalue weighted by Gasteiger charge is 2.24. The number of aryl methyl sites for hydroxylation is 1. The lowest BCUT2D eigenvalue weighted by Crippen LogP contribution is -2.47. The second kappa shape index (κ2) is 10.7. The number of carbonyl (C=O) groups is 1. The topological polar surface area (TPSA) is 94.7 Å². The predicted molar refractivity (Wildman–Crippen MR) is 143 cm³/mol. The smallest absolute Gasteiger partial charge is 0.253 e. The number of hydrogen-bond acceptors (Lipinski definition) is 6. The molecule has 1 amide bonds. The Balaban J connectivity index is 1.40. The molecule has 2 aromatic carbocycles. The number of anilines is 2. The van der Waals surface area contributed by atoms with Gasteiger partial charge in [0.1, 0.15) is 17.6 Å².